The van der Waals surface area contributed by atoms with Crippen LogP contribution in [0.1, 0.15) is 88.8 Å². The van der Waals surface area contributed by atoms with Gasteiger partial charge in [-0.15, -0.1) is 0 Å². The summed E-state index contributed by atoms with van der Waals surface area (Å²) in [5.74, 6) is 0.342. The second-order valence-electron chi connectivity index (χ2n) is 8.74. The molecule has 1 aromatic carbocycles. The zero-order valence-electron chi connectivity index (χ0n) is 18.5. The van der Waals surface area contributed by atoms with E-state index in [9.17, 15) is 4.79 Å². The molecule has 4 heteroatoms. The third-order valence-electron chi connectivity index (χ3n) is 6.33. The molecule has 2 aromatic rings. The van der Waals surface area contributed by atoms with Gasteiger partial charge in [0.05, 0.1) is 6.54 Å². The molecule has 3 nitrogen and oxygen atoms in total. The standard InChI is InChI=1S/C26H37ClN2O/c1-2-3-4-5-9-17-26(30)29(24-14-7-6-8-15-24)21-25-16-11-18-28(25)20-22-12-10-13-23(27)19-22/h10-13,16,18-19,24H,2-9,14-15,17,20-21H2,1H3. The fourth-order valence-corrected chi connectivity index (χ4v) is 4.80. The third kappa shape index (κ3) is 6.91. The van der Waals surface area contributed by atoms with Crippen molar-refractivity contribution in [1.82, 2.24) is 9.47 Å². The highest BCUT2D eigenvalue weighted by molar-refractivity contribution is 6.30. The lowest BCUT2D eigenvalue weighted by Gasteiger charge is -2.35. The lowest BCUT2D eigenvalue weighted by atomic mass is 9.93. The van der Waals surface area contributed by atoms with Crippen molar-refractivity contribution in [3.63, 3.8) is 0 Å². The Morgan fingerprint density at radius 3 is 2.63 bits per heavy atom. The first kappa shape index (κ1) is 22.9. The molecule has 0 spiro atoms. The molecule has 1 amide bonds. The number of hydrogen-bond acceptors (Lipinski definition) is 1. The quantitative estimate of drug-likeness (QED) is 0.347. The van der Waals surface area contributed by atoms with E-state index < -0.39 is 0 Å². The lowest BCUT2D eigenvalue weighted by Crippen LogP contribution is -2.41. The van der Waals surface area contributed by atoms with Gasteiger partial charge in [-0.2, -0.15) is 0 Å². The van der Waals surface area contributed by atoms with E-state index in [2.05, 4.69) is 40.8 Å². The summed E-state index contributed by atoms with van der Waals surface area (Å²) in [5, 5.41) is 0.767. The maximum atomic E-state index is 13.2. The molecule has 1 fully saturated rings. The SMILES string of the molecule is CCCCCCCC(=O)N(Cc1cccn1Cc1cccc(Cl)c1)C1CCCCC1. The van der Waals surface area contributed by atoms with Crippen LogP contribution in [0.25, 0.3) is 0 Å². The minimum Gasteiger partial charge on any atom is -0.345 e. The molecule has 1 heterocycles. The van der Waals surface area contributed by atoms with E-state index in [1.54, 1.807) is 0 Å². The fourth-order valence-electron chi connectivity index (χ4n) is 4.59. The molecule has 0 radical (unpaired) electrons. The highest BCUT2D eigenvalue weighted by Crippen LogP contribution is 2.26. The van der Waals surface area contributed by atoms with Crippen molar-refractivity contribution < 1.29 is 4.79 Å². The number of benzene rings is 1. The summed E-state index contributed by atoms with van der Waals surface area (Å²) >= 11 is 6.17. The van der Waals surface area contributed by atoms with Gasteiger partial charge in [0.2, 0.25) is 5.91 Å². The van der Waals surface area contributed by atoms with Crippen LogP contribution in [-0.4, -0.2) is 21.4 Å². The minimum absolute atomic E-state index is 0.342. The number of aromatic nitrogens is 1. The van der Waals surface area contributed by atoms with Crippen LogP contribution >= 0.6 is 11.6 Å². The first-order valence-corrected chi connectivity index (χ1v) is 12.2. The van der Waals surface area contributed by atoms with Crippen LogP contribution in [-0.2, 0) is 17.9 Å². The van der Waals surface area contributed by atoms with Gasteiger partial charge in [0.25, 0.3) is 0 Å². The van der Waals surface area contributed by atoms with Gasteiger partial charge in [0.1, 0.15) is 0 Å². The van der Waals surface area contributed by atoms with Gasteiger partial charge in [-0.25, -0.2) is 0 Å². The van der Waals surface area contributed by atoms with Crippen LogP contribution in [0.5, 0.6) is 0 Å². The second-order valence-corrected chi connectivity index (χ2v) is 9.17. The summed E-state index contributed by atoms with van der Waals surface area (Å²) in [7, 11) is 0. The van der Waals surface area contributed by atoms with Crippen LogP contribution in [0.4, 0.5) is 0 Å². The number of unbranched alkanes of at least 4 members (excludes halogenated alkanes) is 4. The Hall–Kier alpha value is -1.74. The molecule has 1 aliphatic carbocycles. The van der Waals surface area contributed by atoms with Gasteiger partial charge >= 0.3 is 0 Å². The number of carbonyl (C=O) groups is 1. The molecule has 0 saturated heterocycles. The summed E-state index contributed by atoms with van der Waals surface area (Å²) in [6.07, 6.45) is 14.9. The highest BCUT2D eigenvalue weighted by Gasteiger charge is 2.26. The molecule has 0 unspecified atom stereocenters. The molecule has 1 aromatic heterocycles. The van der Waals surface area contributed by atoms with E-state index in [-0.39, 0.29) is 0 Å². The smallest absolute Gasteiger partial charge is 0.223 e. The number of hydrogen-bond donors (Lipinski definition) is 0. The monoisotopic (exact) mass is 428 g/mol. The molecule has 0 bridgehead atoms. The molecule has 3 rings (SSSR count). The van der Waals surface area contributed by atoms with Crippen LogP contribution in [0.2, 0.25) is 5.02 Å². The van der Waals surface area contributed by atoms with Crippen molar-refractivity contribution in [2.45, 2.75) is 96.7 Å². The van der Waals surface area contributed by atoms with Gasteiger partial charge in [0, 0.05) is 35.9 Å². The zero-order chi connectivity index (χ0) is 21.2. The molecule has 0 atom stereocenters. The first-order chi connectivity index (χ1) is 14.7. The van der Waals surface area contributed by atoms with Crippen molar-refractivity contribution >= 4 is 17.5 Å². The molecule has 30 heavy (non-hydrogen) atoms. The maximum absolute atomic E-state index is 13.2. The van der Waals surface area contributed by atoms with Crippen molar-refractivity contribution in [2.24, 2.45) is 0 Å². The van der Waals surface area contributed by atoms with Crippen LogP contribution in [0.3, 0.4) is 0 Å². The number of nitrogens with zero attached hydrogens (tertiary/aromatic N) is 2. The van der Waals surface area contributed by atoms with Crippen molar-refractivity contribution in [2.75, 3.05) is 0 Å². The Labute approximate surface area is 187 Å². The van der Waals surface area contributed by atoms with Crippen LogP contribution < -0.4 is 0 Å². The Bertz CT molecular complexity index is 779. The Morgan fingerprint density at radius 1 is 1.07 bits per heavy atom. The zero-order valence-corrected chi connectivity index (χ0v) is 19.2. The molecule has 164 valence electrons. The summed E-state index contributed by atoms with van der Waals surface area (Å²) in [6, 6.07) is 12.7. The van der Waals surface area contributed by atoms with Gasteiger partial charge in [-0.05, 0) is 49.1 Å². The third-order valence-corrected chi connectivity index (χ3v) is 6.56. The van der Waals surface area contributed by atoms with Gasteiger partial charge < -0.3 is 9.47 Å². The highest BCUT2D eigenvalue weighted by atomic mass is 35.5. The Balaban J connectivity index is 1.67. The summed E-state index contributed by atoms with van der Waals surface area (Å²) in [4.78, 5) is 15.4. The van der Waals surface area contributed by atoms with E-state index in [4.69, 9.17) is 11.6 Å². The van der Waals surface area contributed by atoms with Crippen molar-refractivity contribution in [3.8, 4) is 0 Å². The van der Waals surface area contributed by atoms with Gasteiger partial charge in [-0.3, -0.25) is 4.79 Å². The summed E-state index contributed by atoms with van der Waals surface area (Å²) in [6.45, 7) is 3.73. The van der Waals surface area contributed by atoms with E-state index in [0.717, 1.165) is 30.8 Å². The fraction of sp³-hybridized carbons (Fsp3) is 0.577. The minimum atomic E-state index is 0.342. The maximum Gasteiger partial charge on any atom is 0.223 e. The largest absolute Gasteiger partial charge is 0.345 e. The number of rotatable bonds is 11. The van der Waals surface area contributed by atoms with E-state index in [1.165, 1.54) is 56.2 Å². The number of carbonyl (C=O) groups excluding carboxylic acids is 1. The predicted molar refractivity (Wildman–Crippen MR) is 126 cm³/mol. The van der Waals surface area contributed by atoms with E-state index in [1.807, 2.05) is 18.2 Å². The Morgan fingerprint density at radius 2 is 1.87 bits per heavy atom. The average Bonchev–Trinajstić information content (AvgIpc) is 3.19. The average molecular weight is 429 g/mol. The molecule has 1 saturated carbocycles. The van der Waals surface area contributed by atoms with Crippen molar-refractivity contribution in [1.29, 1.82) is 0 Å². The topological polar surface area (TPSA) is 25.2 Å². The second kappa shape index (κ2) is 12.2. The molecule has 1 aliphatic rings. The molecular weight excluding hydrogens is 392 g/mol. The number of halogens is 1. The normalized spacial score (nSPS) is 14.7. The summed E-state index contributed by atoms with van der Waals surface area (Å²) in [5.41, 5.74) is 2.39. The summed E-state index contributed by atoms with van der Waals surface area (Å²) < 4.78 is 2.26. The molecule has 0 aliphatic heterocycles. The van der Waals surface area contributed by atoms with Crippen LogP contribution in [0, 0.1) is 0 Å². The predicted octanol–water partition coefficient (Wildman–Crippen LogP) is 7.21. The molecular formula is C26H37ClN2O. The van der Waals surface area contributed by atoms with Gasteiger partial charge in [-0.1, -0.05) is 75.6 Å². The van der Waals surface area contributed by atoms with Gasteiger partial charge in [0.15, 0.2) is 0 Å². The van der Waals surface area contributed by atoms with Crippen molar-refractivity contribution in [3.05, 3.63) is 58.9 Å². The van der Waals surface area contributed by atoms with E-state index >= 15 is 0 Å². The Kier molecular flexibility index (Phi) is 9.32. The number of amides is 1. The molecule has 0 N–H and O–H groups in total. The van der Waals surface area contributed by atoms with Crippen LogP contribution in [0.15, 0.2) is 42.6 Å². The lowest BCUT2D eigenvalue weighted by molar-refractivity contribution is -0.135. The first-order valence-electron chi connectivity index (χ1n) is 11.9. The van der Waals surface area contributed by atoms with E-state index in [0.29, 0.717) is 24.9 Å².